The van der Waals surface area contributed by atoms with Crippen molar-refractivity contribution >= 4 is 39.2 Å². The van der Waals surface area contributed by atoms with Crippen LogP contribution in [0.5, 0.6) is 0 Å². The molecule has 2 rings (SSSR count). The van der Waals surface area contributed by atoms with E-state index in [1.165, 1.54) is 0 Å². The lowest BCUT2D eigenvalue weighted by molar-refractivity contribution is 0.176. The Balaban J connectivity index is 1.72. The molecule has 0 fully saturated rings. The zero-order valence-electron chi connectivity index (χ0n) is 12.7. The molecule has 1 unspecified atom stereocenters. The number of unbranched alkanes of at least 4 members (excludes halogenated alkanes) is 1. The van der Waals surface area contributed by atoms with Crippen LogP contribution in [0.4, 0.5) is 4.79 Å². The summed E-state index contributed by atoms with van der Waals surface area (Å²) in [7, 11) is 0. The standard InChI is InChI=1S/C16H22N2O2S2/c1-21-9-5-4-8-17-16(20)18-11-13(19)15-10-12-6-2-3-7-14(12)22-15/h2-3,6-7,10,13,19H,4-5,8-9,11H2,1H3,(H2,17,18,20). The number of nitrogens with one attached hydrogen (secondary N) is 2. The Hall–Kier alpha value is -1.24. The molecular formula is C16H22N2O2S2. The number of amides is 2. The Kier molecular flexibility index (Phi) is 7.02. The van der Waals surface area contributed by atoms with Gasteiger partial charge in [-0.1, -0.05) is 18.2 Å². The highest BCUT2D eigenvalue weighted by molar-refractivity contribution is 7.98. The van der Waals surface area contributed by atoms with Gasteiger partial charge in [-0.2, -0.15) is 11.8 Å². The predicted octanol–water partition coefficient (Wildman–Crippen LogP) is 3.38. The maximum atomic E-state index is 11.6. The summed E-state index contributed by atoms with van der Waals surface area (Å²) in [6.07, 6.45) is 3.49. The fourth-order valence-electron chi connectivity index (χ4n) is 2.09. The normalized spacial score (nSPS) is 12.3. The van der Waals surface area contributed by atoms with Crippen molar-refractivity contribution in [2.75, 3.05) is 25.1 Å². The largest absolute Gasteiger partial charge is 0.386 e. The van der Waals surface area contributed by atoms with E-state index in [4.69, 9.17) is 0 Å². The summed E-state index contributed by atoms with van der Waals surface area (Å²) in [6.45, 7) is 0.898. The van der Waals surface area contributed by atoms with Gasteiger partial charge >= 0.3 is 6.03 Å². The van der Waals surface area contributed by atoms with Gasteiger partial charge < -0.3 is 15.7 Å². The van der Waals surface area contributed by atoms with Crippen LogP contribution in [0, 0.1) is 0 Å². The van der Waals surface area contributed by atoms with E-state index in [2.05, 4.69) is 16.9 Å². The molecular weight excluding hydrogens is 316 g/mol. The Labute approximate surface area is 139 Å². The number of hydrogen-bond donors (Lipinski definition) is 3. The molecule has 2 aromatic rings. The van der Waals surface area contributed by atoms with E-state index < -0.39 is 6.10 Å². The van der Waals surface area contributed by atoms with Gasteiger partial charge in [0, 0.05) is 16.1 Å². The Bertz CT molecular complexity index is 568. The van der Waals surface area contributed by atoms with Crippen LogP contribution in [0.3, 0.4) is 0 Å². The third kappa shape index (κ3) is 5.19. The summed E-state index contributed by atoms with van der Waals surface area (Å²) in [5.41, 5.74) is 0. The molecule has 120 valence electrons. The van der Waals surface area contributed by atoms with Crippen molar-refractivity contribution in [3.63, 3.8) is 0 Å². The van der Waals surface area contributed by atoms with Gasteiger partial charge in [-0.15, -0.1) is 11.3 Å². The van der Waals surface area contributed by atoms with Crippen molar-refractivity contribution in [1.82, 2.24) is 10.6 Å². The minimum Gasteiger partial charge on any atom is -0.386 e. The van der Waals surface area contributed by atoms with E-state index >= 15 is 0 Å². The van der Waals surface area contributed by atoms with E-state index in [1.807, 2.05) is 42.1 Å². The third-order valence-electron chi connectivity index (χ3n) is 3.29. The van der Waals surface area contributed by atoms with Gasteiger partial charge in [0.15, 0.2) is 0 Å². The fourth-order valence-corrected chi connectivity index (χ4v) is 3.64. The molecule has 0 aliphatic carbocycles. The van der Waals surface area contributed by atoms with Gasteiger partial charge in [0.1, 0.15) is 6.10 Å². The number of thioether (sulfide) groups is 1. The second-order valence-electron chi connectivity index (χ2n) is 5.04. The first-order valence-corrected chi connectivity index (χ1v) is 9.59. The quantitative estimate of drug-likeness (QED) is 0.647. The molecule has 2 amide bonds. The molecule has 0 saturated carbocycles. The zero-order chi connectivity index (χ0) is 15.8. The minimum absolute atomic E-state index is 0.218. The summed E-state index contributed by atoms with van der Waals surface area (Å²) < 4.78 is 1.15. The van der Waals surface area contributed by atoms with Gasteiger partial charge in [-0.05, 0) is 42.4 Å². The number of urea groups is 1. The van der Waals surface area contributed by atoms with Crippen molar-refractivity contribution in [3.05, 3.63) is 35.2 Å². The van der Waals surface area contributed by atoms with Crippen LogP contribution in [-0.2, 0) is 0 Å². The van der Waals surface area contributed by atoms with Gasteiger partial charge in [-0.3, -0.25) is 0 Å². The molecule has 0 bridgehead atoms. The lowest BCUT2D eigenvalue weighted by atomic mass is 10.2. The first-order chi connectivity index (χ1) is 10.7. The summed E-state index contributed by atoms with van der Waals surface area (Å²) >= 11 is 3.37. The van der Waals surface area contributed by atoms with Crippen molar-refractivity contribution < 1.29 is 9.90 Å². The summed E-state index contributed by atoms with van der Waals surface area (Å²) in [5, 5.41) is 16.8. The fraction of sp³-hybridized carbons (Fsp3) is 0.438. The molecule has 0 aliphatic heterocycles. The topological polar surface area (TPSA) is 61.4 Å². The van der Waals surface area contributed by atoms with E-state index in [0.717, 1.165) is 33.6 Å². The molecule has 3 N–H and O–H groups in total. The first-order valence-electron chi connectivity index (χ1n) is 7.38. The van der Waals surface area contributed by atoms with Gasteiger partial charge in [0.2, 0.25) is 0 Å². The van der Waals surface area contributed by atoms with Crippen LogP contribution in [0.2, 0.25) is 0 Å². The summed E-state index contributed by atoms with van der Waals surface area (Å²) in [5.74, 6) is 1.12. The van der Waals surface area contributed by atoms with Crippen LogP contribution < -0.4 is 10.6 Å². The van der Waals surface area contributed by atoms with E-state index in [1.54, 1.807) is 11.3 Å². The molecule has 0 aliphatic rings. The maximum Gasteiger partial charge on any atom is 0.314 e. The smallest absolute Gasteiger partial charge is 0.314 e. The summed E-state index contributed by atoms with van der Waals surface area (Å²) in [6, 6.07) is 9.78. The van der Waals surface area contributed by atoms with Crippen LogP contribution in [0.25, 0.3) is 10.1 Å². The molecule has 0 saturated heterocycles. The molecule has 1 aromatic carbocycles. The molecule has 1 aromatic heterocycles. The van der Waals surface area contributed by atoms with Gasteiger partial charge in [0.05, 0.1) is 6.54 Å². The van der Waals surface area contributed by atoms with Gasteiger partial charge in [-0.25, -0.2) is 4.79 Å². The van der Waals surface area contributed by atoms with Crippen molar-refractivity contribution in [2.45, 2.75) is 18.9 Å². The van der Waals surface area contributed by atoms with E-state index in [0.29, 0.717) is 6.54 Å². The van der Waals surface area contributed by atoms with Gasteiger partial charge in [0.25, 0.3) is 0 Å². The molecule has 6 heteroatoms. The molecule has 0 spiro atoms. The number of aliphatic hydroxyl groups is 1. The van der Waals surface area contributed by atoms with Crippen LogP contribution in [-0.4, -0.2) is 36.2 Å². The third-order valence-corrected chi connectivity index (χ3v) is 5.20. The Morgan fingerprint density at radius 1 is 1.32 bits per heavy atom. The number of hydrogen-bond acceptors (Lipinski definition) is 4. The van der Waals surface area contributed by atoms with Crippen molar-refractivity contribution in [2.24, 2.45) is 0 Å². The lowest BCUT2D eigenvalue weighted by Gasteiger charge is -2.11. The monoisotopic (exact) mass is 338 g/mol. The first kappa shape index (κ1) is 17.1. The number of thiophene rings is 1. The second kappa shape index (κ2) is 9.02. The molecule has 22 heavy (non-hydrogen) atoms. The Morgan fingerprint density at radius 3 is 2.91 bits per heavy atom. The van der Waals surface area contributed by atoms with E-state index in [-0.39, 0.29) is 12.6 Å². The highest BCUT2D eigenvalue weighted by Crippen LogP contribution is 2.29. The zero-order valence-corrected chi connectivity index (χ0v) is 14.3. The van der Waals surface area contributed by atoms with Crippen molar-refractivity contribution in [3.8, 4) is 0 Å². The highest BCUT2D eigenvalue weighted by atomic mass is 32.2. The van der Waals surface area contributed by atoms with E-state index in [9.17, 15) is 9.90 Å². The molecule has 1 heterocycles. The number of aliphatic hydroxyl groups excluding tert-OH is 1. The predicted molar refractivity (Wildman–Crippen MR) is 95.8 cm³/mol. The number of carbonyl (C=O) groups excluding carboxylic acids is 1. The second-order valence-corrected chi connectivity index (χ2v) is 7.14. The number of carbonyl (C=O) groups is 1. The number of fused-ring (bicyclic) bond motifs is 1. The number of rotatable bonds is 8. The molecule has 4 nitrogen and oxygen atoms in total. The highest BCUT2D eigenvalue weighted by Gasteiger charge is 2.12. The maximum absolute atomic E-state index is 11.6. The van der Waals surface area contributed by atoms with Crippen LogP contribution in [0.1, 0.15) is 23.8 Å². The molecule has 1 atom stereocenters. The van der Waals surface area contributed by atoms with Crippen LogP contribution in [0.15, 0.2) is 30.3 Å². The Morgan fingerprint density at radius 2 is 2.14 bits per heavy atom. The van der Waals surface area contributed by atoms with Crippen LogP contribution >= 0.6 is 23.1 Å². The summed E-state index contributed by atoms with van der Waals surface area (Å²) in [4.78, 5) is 12.5. The molecule has 0 radical (unpaired) electrons. The number of benzene rings is 1. The SMILES string of the molecule is CSCCCCNC(=O)NCC(O)c1cc2ccccc2s1. The average molecular weight is 338 g/mol. The van der Waals surface area contributed by atoms with Crippen molar-refractivity contribution in [1.29, 1.82) is 0 Å². The lowest BCUT2D eigenvalue weighted by Crippen LogP contribution is -2.38. The minimum atomic E-state index is -0.667. The average Bonchev–Trinajstić information content (AvgIpc) is 2.96.